The number of rotatable bonds is 6. The first-order chi connectivity index (χ1) is 12.1. The Morgan fingerprint density at radius 1 is 1.32 bits per heavy atom. The lowest BCUT2D eigenvalue weighted by Gasteiger charge is -2.25. The summed E-state index contributed by atoms with van der Waals surface area (Å²) in [5.74, 6) is 0.975. The van der Waals surface area contributed by atoms with Crippen molar-refractivity contribution in [3.8, 4) is 0 Å². The maximum Gasteiger partial charge on any atom is 0.163 e. The van der Waals surface area contributed by atoms with Gasteiger partial charge in [0.1, 0.15) is 0 Å². The standard InChI is InChI=1S/C20H28N4S/c1-5-8-19(24(4)20(22-3)25-14-7-13-21)17-9-6-10-18-16(17)12-11-15(2)23-18/h6,8-12H,5,7,13-14,21H2,1-4H3/b19-8+,22-20?. The minimum absolute atomic E-state index is 0.708. The number of aromatic nitrogens is 1. The Morgan fingerprint density at radius 3 is 2.80 bits per heavy atom. The number of nitrogens with zero attached hydrogens (tertiary/aromatic N) is 3. The normalized spacial score (nSPS) is 12.7. The molecule has 0 aliphatic heterocycles. The second-order valence-corrected chi connectivity index (χ2v) is 6.94. The fourth-order valence-electron chi connectivity index (χ4n) is 2.76. The molecule has 0 radical (unpaired) electrons. The van der Waals surface area contributed by atoms with Crippen LogP contribution in [0.4, 0.5) is 0 Å². The number of fused-ring (bicyclic) bond motifs is 1. The summed E-state index contributed by atoms with van der Waals surface area (Å²) in [7, 11) is 3.93. The molecule has 25 heavy (non-hydrogen) atoms. The lowest BCUT2D eigenvalue weighted by Crippen LogP contribution is -2.23. The molecule has 0 saturated carbocycles. The summed E-state index contributed by atoms with van der Waals surface area (Å²) in [5, 5.41) is 2.17. The van der Waals surface area contributed by atoms with Gasteiger partial charge in [0.15, 0.2) is 5.17 Å². The Bertz CT molecular complexity index is 767. The maximum absolute atomic E-state index is 5.62. The number of aryl methyl sites for hydroxylation is 1. The zero-order valence-electron chi connectivity index (χ0n) is 15.6. The first-order valence-corrected chi connectivity index (χ1v) is 9.71. The molecule has 1 aromatic carbocycles. The van der Waals surface area contributed by atoms with E-state index in [0.717, 1.165) is 35.0 Å². The van der Waals surface area contributed by atoms with Crippen molar-refractivity contribution < 1.29 is 0 Å². The Kier molecular flexibility index (Phi) is 7.47. The first kappa shape index (κ1) is 19.5. The number of amidine groups is 1. The lowest BCUT2D eigenvalue weighted by atomic mass is 10.0. The minimum atomic E-state index is 0.708. The van der Waals surface area contributed by atoms with E-state index in [4.69, 9.17) is 5.73 Å². The van der Waals surface area contributed by atoms with E-state index in [-0.39, 0.29) is 0 Å². The summed E-state index contributed by atoms with van der Waals surface area (Å²) in [6, 6.07) is 10.5. The largest absolute Gasteiger partial charge is 0.330 e. The van der Waals surface area contributed by atoms with Crippen LogP contribution in [0, 0.1) is 6.92 Å². The van der Waals surface area contributed by atoms with Crippen LogP contribution in [0.25, 0.3) is 16.6 Å². The molecule has 5 heteroatoms. The van der Waals surface area contributed by atoms with Gasteiger partial charge in [-0.15, -0.1) is 0 Å². The van der Waals surface area contributed by atoms with E-state index in [9.17, 15) is 0 Å². The van der Waals surface area contributed by atoms with Gasteiger partial charge in [0, 0.05) is 42.2 Å². The van der Waals surface area contributed by atoms with Crippen LogP contribution in [-0.4, -0.2) is 41.4 Å². The number of aliphatic imine (C=N–C) groups is 1. The van der Waals surface area contributed by atoms with Crippen LogP contribution >= 0.6 is 11.8 Å². The van der Waals surface area contributed by atoms with Gasteiger partial charge in [-0.25, -0.2) is 0 Å². The molecule has 2 aromatic rings. The van der Waals surface area contributed by atoms with Gasteiger partial charge < -0.3 is 10.6 Å². The van der Waals surface area contributed by atoms with Crippen molar-refractivity contribution >= 4 is 33.5 Å². The van der Waals surface area contributed by atoms with Crippen molar-refractivity contribution in [2.24, 2.45) is 10.7 Å². The van der Waals surface area contributed by atoms with Crippen LogP contribution in [0.15, 0.2) is 41.4 Å². The van der Waals surface area contributed by atoms with Crippen molar-refractivity contribution in [1.29, 1.82) is 0 Å². The SMILES string of the molecule is CC/C=C(\c1cccc2nc(C)ccc12)N(C)C(=NC)SCCCN. The molecule has 134 valence electrons. The lowest BCUT2D eigenvalue weighted by molar-refractivity contribution is 0.728. The summed E-state index contributed by atoms with van der Waals surface area (Å²) < 4.78 is 0. The van der Waals surface area contributed by atoms with Crippen LogP contribution < -0.4 is 5.73 Å². The summed E-state index contributed by atoms with van der Waals surface area (Å²) in [6.45, 7) is 4.89. The summed E-state index contributed by atoms with van der Waals surface area (Å²) in [6.07, 6.45) is 4.20. The van der Waals surface area contributed by atoms with Crippen LogP contribution in [0.5, 0.6) is 0 Å². The maximum atomic E-state index is 5.62. The van der Waals surface area contributed by atoms with Crippen molar-refractivity contribution in [3.05, 3.63) is 47.7 Å². The van der Waals surface area contributed by atoms with E-state index in [0.29, 0.717) is 6.54 Å². The van der Waals surface area contributed by atoms with Crippen molar-refractivity contribution in [2.45, 2.75) is 26.7 Å². The van der Waals surface area contributed by atoms with E-state index in [1.807, 2.05) is 14.0 Å². The Labute approximate surface area is 155 Å². The quantitative estimate of drug-likeness (QED) is 0.476. The molecule has 0 saturated heterocycles. The highest BCUT2D eigenvalue weighted by molar-refractivity contribution is 8.13. The molecule has 0 fully saturated rings. The molecular formula is C20H28N4S. The molecule has 1 heterocycles. The fraction of sp³-hybridized carbons (Fsp3) is 0.400. The molecule has 1 aromatic heterocycles. The molecule has 4 nitrogen and oxygen atoms in total. The smallest absolute Gasteiger partial charge is 0.163 e. The summed E-state index contributed by atoms with van der Waals surface area (Å²) in [4.78, 5) is 11.3. The molecule has 0 spiro atoms. The van der Waals surface area contributed by atoms with Gasteiger partial charge in [0.05, 0.1) is 5.52 Å². The number of hydrogen-bond acceptors (Lipinski definition) is 4. The Balaban J connectivity index is 2.43. The van der Waals surface area contributed by atoms with Gasteiger partial charge >= 0.3 is 0 Å². The molecule has 0 atom stereocenters. The third-order valence-corrected chi connectivity index (χ3v) is 5.17. The molecule has 0 aliphatic carbocycles. The van der Waals surface area contributed by atoms with E-state index < -0.39 is 0 Å². The molecule has 2 N–H and O–H groups in total. The van der Waals surface area contributed by atoms with Crippen LogP contribution in [0.2, 0.25) is 0 Å². The minimum Gasteiger partial charge on any atom is -0.330 e. The fourth-order valence-corrected chi connectivity index (χ4v) is 3.68. The Morgan fingerprint density at radius 2 is 2.12 bits per heavy atom. The molecule has 0 unspecified atom stereocenters. The van der Waals surface area contributed by atoms with Gasteiger partial charge in [-0.3, -0.25) is 9.98 Å². The van der Waals surface area contributed by atoms with E-state index in [1.165, 1.54) is 16.6 Å². The number of thioether (sulfide) groups is 1. The predicted octanol–water partition coefficient (Wildman–Crippen LogP) is 4.29. The van der Waals surface area contributed by atoms with Crippen molar-refractivity contribution in [3.63, 3.8) is 0 Å². The second-order valence-electron chi connectivity index (χ2n) is 5.88. The van der Waals surface area contributed by atoms with Gasteiger partial charge in [-0.05, 0) is 38.4 Å². The highest BCUT2D eigenvalue weighted by Gasteiger charge is 2.15. The highest BCUT2D eigenvalue weighted by Crippen LogP contribution is 2.29. The number of benzene rings is 1. The molecule has 2 rings (SSSR count). The Hall–Kier alpha value is -1.85. The third-order valence-electron chi connectivity index (χ3n) is 3.96. The molecule has 0 amide bonds. The van der Waals surface area contributed by atoms with Crippen LogP contribution in [-0.2, 0) is 0 Å². The molecular weight excluding hydrogens is 328 g/mol. The summed E-state index contributed by atoms with van der Waals surface area (Å²) in [5.41, 5.74) is 10.0. The topological polar surface area (TPSA) is 54.5 Å². The third kappa shape index (κ3) is 4.83. The van der Waals surface area contributed by atoms with E-state index in [2.05, 4.69) is 65.3 Å². The zero-order valence-corrected chi connectivity index (χ0v) is 16.4. The van der Waals surface area contributed by atoms with Crippen LogP contribution in [0.1, 0.15) is 31.0 Å². The van der Waals surface area contributed by atoms with E-state index >= 15 is 0 Å². The zero-order chi connectivity index (χ0) is 18.2. The van der Waals surface area contributed by atoms with Gasteiger partial charge in [-0.2, -0.15) is 0 Å². The molecule has 0 aliphatic rings. The second kappa shape index (κ2) is 9.59. The summed E-state index contributed by atoms with van der Waals surface area (Å²) >= 11 is 1.75. The predicted molar refractivity (Wildman–Crippen MR) is 112 cm³/mol. The first-order valence-electron chi connectivity index (χ1n) is 8.72. The van der Waals surface area contributed by atoms with Crippen molar-refractivity contribution in [2.75, 3.05) is 26.4 Å². The van der Waals surface area contributed by atoms with Gasteiger partial charge in [0.2, 0.25) is 0 Å². The van der Waals surface area contributed by atoms with Crippen molar-refractivity contribution in [1.82, 2.24) is 9.88 Å². The highest BCUT2D eigenvalue weighted by atomic mass is 32.2. The van der Waals surface area contributed by atoms with E-state index in [1.54, 1.807) is 11.8 Å². The average molecular weight is 357 g/mol. The number of nitrogens with two attached hydrogens (primary N) is 1. The monoisotopic (exact) mass is 356 g/mol. The number of hydrogen-bond donors (Lipinski definition) is 1. The number of allylic oxidation sites excluding steroid dienone is 1. The average Bonchev–Trinajstić information content (AvgIpc) is 2.62. The van der Waals surface area contributed by atoms with Crippen LogP contribution in [0.3, 0.4) is 0 Å². The number of pyridine rings is 1. The molecule has 0 bridgehead atoms. The van der Waals surface area contributed by atoms with Gasteiger partial charge in [0.25, 0.3) is 0 Å². The van der Waals surface area contributed by atoms with Gasteiger partial charge in [-0.1, -0.05) is 43.0 Å².